The van der Waals surface area contributed by atoms with Crippen LogP contribution in [0.2, 0.25) is 0 Å². The van der Waals surface area contributed by atoms with Crippen molar-refractivity contribution in [2.75, 3.05) is 39.3 Å². The van der Waals surface area contributed by atoms with Crippen LogP contribution in [0, 0.1) is 0 Å². The van der Waals surface area contributed by atoms with E-state index in [4.69, 9.17) is 9.47 Å². The minimum atomic E-state index is 0.187. The zero-order valence-corrected chi connectivity index (χ0v) is 15.4. The summed E-state index contributed by atoms with van der Waals surface area (Å²) in [5.41, 5.74) is 1.31. The monoisotopic (exact) mass is 346 g/mol. The van der Waals surface area contributed by atoms with Gasteiger partial charge < -0.3 is 14.4 Å². The number of benzene rings is 1. The first-order chi connectivity index (χ1) is 12.1. The number of amides is 1. The molecule has 0 N–H and O–H groups in total. The van der Waals surface area contributed by atoms with Crippen molar-refractivity contribution >= 4 is 5.91 Å². The minimum absolute atomic E-state index is 0.187. The Morgan fingerprint density at radius 1 is 1.12 bits per heavy atom. The van der Waals surface area contributed by atoms with Gasteiger partial charge in [-0.25, -0.2) is 0 Å². The van der Waals surface area contributed by atoms with Gasteiger partial charge in [0.05, 0.1) is 18.8 Å². The molecular formula is C20H30N2O3. The third-order valence-electron chi connectivity index (χ3n) is 5.17. The highest BCUT2D eigenvalue weighted by Gasteiger charge is 2.28. The van der Waals surface area contributed by atoms with Crippen molar-refractivity contribution in [3.05, 3.63) is 29.8 Å². The van der Waals surface area contributed by atoms with Gasteiger partial charge in [0.25, 0.3) is 0 Å². The predicted molar refractivity (Wildman–Crippen MR) is 97.9 cm³/mol. The van der Waals surface area contributed by atoms with Crippen molar-refractivity contribution in [3.63, 3.8) is 0 Å². The first-order valence-electron chi connectivity index (χ1n) is 9.49. The van der Waals surface area contributed by atoms with E-state index in [1.54, 1.807) is 6.92 Å². The Labute approximate surface area is 150 Å². The van der Waals surface area contributed by atoms with Gasteiger partial charge in [-0.2, -0.15) is 0 Å². The Morgan fingerprint density at radius 3 is 2.44 bits per heavy atom. The summed E-state index contributed by atoms with van der Waals surface area (Å²) < 4.78 is 11.8. The fourth-order valence-corrected chi connectivity index (χ4v) is 3.75. The molecule has 2 saturated heterocycles. The molecule has 0 spiro atoms. The lowest BCUT2D eigenvalue weighted by Crippen LogP contribution is -2.49. The highest BCUT2D eigenvalue weighted by atomic mass is 16.5. The summed E-state index contributed by atoms with van der Waals surface area (Å²) in [6.07, 6.45) is 3.89. The number of piperazine rings is 1. The molecule has 1 aromatic carbocycles. The van der Waals surface area contributed by atoms with Crippen LogP contribution < -0.4 is 4.74 Å². The van der Waals surface area contributed by atoms with E-state index in [0.717, 1.165) is 57.7 Å². The van der Waals surface area contributed by atoms with Gasteiger partial charge in [0.15, 0.2) is 0 Å². The standard InChI is InChI=1S/C20H30N2O3/c1-3-24-18-6-4-17(5-7-18)14-19-8-9-20(25-19)15-21-10-12-22(13-11-21)16(2)23/h4-7,19-20H,3,8-15H2,1-2H3/t19-,20+/m1/s1. The molecule has 1 aromatic rings. The minimum Gasteiger partial charge on any atom is -0.494 e. The SMILES string of the molecule is CCOc1ccc(C[C@H]2CC[C@@H](CN3CCN(C(C)=O)CC3)O2)cc1. The van der Waals surface area contributed by atoms with Gasteiger partial charge in [0.2, 0.25) is 5.91 Å². The van der Waals surface area contributed by atoms with E-state index in [0.29, 0.717) is 18.8 Å². The highest BCUT2D eigenvalue weighted by Crippen LogP contribution is 2.24. The van der Waals surface area contributed by atoms with E-state index in [9.17, 15) is 4.79 Å². The third kappa shape index (κ3) is 5.19. The molecular weight excluding hydrogens is 316 g/mol. The molecule has 2 fully saturated rings. The Balaban J connectivity index is 1.40. The van der Waals surface area contributed by atoms with Gasteiger partial charge in [-0.15, -0.1) is 0 Å². The van der Waals surface area contributed by atoms with Gasteiger partial charge in [-0.1, -0.05) is 12.1 Å². The van der Waals surface area contributed by atoms with E-state index >= 15 is 0 Å². The first kappa shape index (κ1) is 18.2. The Kier molecular flexibility index (Phi) is 6.32. The van der Waals surface area contributed by atoms with E-state index in [2.05, 4.69) is 17.0 Å². The smallest absolute Gasteiger partial charge is 0.219 e. The van der Waals surface area contributed by atoms with Gasteiger partial charge in [0, 0.05) is 39.6 Å². The van der Waals surface area contributed by atoms with E-state index in [-0.39, 0.29) is 5.91 Å². The molecule has 0 bridgehead atoms. The maximum atomic E-state index is 11.4. The summed E-state index contributed by atoms with van der Waals surface area (Å²) in [6.45, 7) is 8.96. The molecule has 0 aliphatic carbocycles. The summed E-state index contributed by atoms with van der Waals surface area (Å²) in [4.78, 5) is 15.8. The summed E-state index contributed by atoms with van der Waals surface area (Å²) >= 11 is 0. The van der Waals surface area contributed by atoms with Crippen LogP contribution in [-0.4, -0.2) is 67.2 Å². The van der Waals surface area contributed by atoms with Crippen LogP contribution in [0.5, 0.6) is 5.75 Å². The van der Waals surface area contributed by atoms with E-state index < -0.39 is 0 Å². The molecule has 2 atom stereocenters. The molecule has 5 nitrogen and oxygen atoms in total. The van der Waals surface area contributed by atoms with Gasteiger partial charge in [-0.05, 0) is 43.9 Å². The number of hydrogen-bond acceptors (Lipinski definition) is 4. The quantitative estimate of drug-likeness (QED) is 0.793. The van der Waals surface area contributed by atoms with Crippen LogP contribution >= 0.6 is 0 Å². The number of hydrogen-bond donors (Lipinski definition) is 0. The third-order valence-corrected chi connectivity index (χ3v) is 5.17. The maximum absolute atomic E-state index is 11.4. The molecule has 0 aromatic heterocycles. The van der Waals surface area contributed by atoms with Crippen LogP contribution in [-0.2, 0) is 16.0 Å². The lowest BCUT2D eigenvalue weighted by atomic mass is 10.1. The fourth-order valence-electron chi connectivity index (χ4n) is 3.75. The van der Waals surface area contributed by atoms with Crippen molar-refractivity contribution in [1.29, 1.82) is 0 Å². The van der Waals surface area contributed by atoms with Crippen molar-refractivity contribution < 1.29 is 14.3 Å². The van der Waals surface area contributed by atoms with Crippen molar-refractivity contribution in [2.24, 2.45) is 0 Å². The molecule has 1 amide bonds. The van der Waals surface area contributed by atoms with Crippen LogP contribution in [0.3, 0.4) is 0 Å². The van der Waals surface area contributed by atoms with Crippen molar-refractivity contribution in [3.8, 4) is 5.75 Å². The maximum Gasteiger partial charge on any atom is 0.219 e. The van der Waals surface area contributed by atoms with Crippen LogP contribution in [0.4, 0.5) is 0 Å². The summed E-state index contributed by atoms with van der Waals surface area (Å²) in [6, 6.07) is 8.37. The zero-order valence-electron chi connectivity index (χ0n) is 15.4. The predicted octanol–water partition coefficient (Wildman–Crippen LogP) is 2.34. The molecule has 25 heavy (non-hydrogen) atoms. The second-order valence-electron chi connectivity index (χ2n) is 7.05. The Hall–Kier alpha value is -1.59. The number of rotatable bonds is 6. The largest absolute Gasteiger partial charge is 0.494 e. The number of carbonyl (C=O) groups excluding carboxylic acids is 1. The van der Waals surface area contributed by atoms with Crippen molar-refractivity contribution in [2.45, 2.75) is 45.3 Å². The molecule has 2 aliphatic heterocycles. The molecule has 138 valence electrons. The van der Waals surface area contributed by atoms with Gasteiger partial charge in [0.1, 0.15) is 5.75 Å². The number of ether oxygens (including phenoxy) is 2. The van der Waals surface area contributed by atoms with Gasteiger partial charge >= 0.3 is 0 Å². The average molecular weight is 346 g/mol. The topological polar surface area (TPSA) is 42.0 Å². The second-order valence-corrected chi connectivity index (χ2v) is 7.05. The van der Waals surface area contributed by atoms with Crippen LogP contribution in [0.15, 0.2) is 24.3 Å². The Bertz CT molecular complexity index is 553. The van der Waals surface area contributed by atoms with Gasteiger partial charge in [-0.3, -0.25) is 9.69 Å². The van der Waals surface area contributed by atoms with Crippen LogP contribution in [0.25, 0.3) is 0 Å². The molecule has 2 heterocycles. The fraction of sp³-hybridized carbons (Fsp3) is 0.650. The number of carbonyl (C=O) groups is 1. The molecule has 0 radical (unpaired) electrons. The Morgan fingerprint density at radius 2 is 1.80 bits per heavy atom. The molecule has 0 saturated carbocycles. The highest BCUT2D eigenvalue weighted by molar-refractivity contribution is 5.73. The van der Waals surface area contributed by atoms with Crippen molar-refractivity contribution in [1.82, 2.24) is 9.80 Å². The zero-order chi connectivity index (χ0) is 17.6. The summed E-state index contributed by atoms with van der Waals surface area (Å²) in [5.74, 6) is 1.12. The van der Waals surface area contributed by atoms with E-state index in [1.165, 1.54) is 5.56 Å². The lowest BCUT2D eigenvalue weighted by Gasteiger charge is -2.35. The summed E-state index contributed by atoms with van der Waals surface area (Å²) in [5, 5.41) is 0. The van der Waals surface area contributed by atoms with Crippen LogP contribution in [0.1, 0.15) is 32.3 Å². The lowest BCUT2D eigenvalue weighted by molar-refractivity contribution is -0.130. The molecule has 2 aliphatic rings. The van der Waals surface area contributed by atoms with E-state index in [1.807, 2.05) is 24.0 Å². The second kappa shape index (κ2) is 8.68. The molecule has 3 rings (SSSR count). The molecule has 5 heteroatoms. The molecule has 0 unspecified atom stereocenters. The number of nitrogens with zero attached hydrogens (tertiary/aromatic N) is 2. The summed E-state index contributed by atoms with van der Waals surface area (Å²) in [7, 11) is 0. The first-order valence-corrected chi connectivity index (χ1v) is 9.49. The average Bonchev–Trinajstić information content (AvgIpc) is 3.04. The normalized spacial score (nSPS) is 24.5.